The Labute approximate surface area is 110 Å². The summed E-state index contributed by atoms with van der Waals surface area (Å²) in [5.41, 5.74) is 7.53. The second-order valence-corrected chi connectivity index (χ2v) is 6.06. The Balaban J connectivity index is 1.43. The van der Waals surface area contributed by atoms with Crippen LogP contribution < -0.4 is 11.1 Å². The van der Waals surface area contributed by atoms with E-state index in [0.29, 0.717) is 12.1 Å². The van der Waals surface area contributed by atoms with Crippen molar-refractivity contribution in [2.75, 3.05) is 6.54 Å². The smallest absolute Gasteiger partial charge is 0.0143 e. The molecule has 1 aromatic rings. The topological polar surface area (TPSA) is 38.0 Å². The van der Waals surface area contributed by atoms with Gasteiger partial charge in [-0.1, -0.05) is 36.8 Å². The van der Waals surface area contributed by atoms with Crippen LogP contribution in [0.5, 0.6) is 0 Å². The number of hydrogen-bond donors (Lipinski definition) is 2. The Morgan fingerprint density at radius 3 is 2.72 bits per heavy atom. The molecule has 2 aliphatic rings. The summed E-state index contributed by atoms with van der Waals surface area (Å²) in [6.07, 6.45) is 6.44. The van der Waals surface area contributed by atoms with Crippen molar-refractivity contribution in [2.45, 2.75) is 50.1 Å². The largest absolute Gasteiger partial charge is 0.328 e. The van der Waals surface area contributed by atoms with E-state index in [1.807, 2.05) is 0 Å². The van der Waals surface area contributed by atoms with Gasteiger partial charge in [0.15, 0.2) is 0 Å². The van der Waals surface area contributed by atoms with E-state index in [4.69, 9.17) is 5.73 Å². The maximum absolute atomic E-state index is 6.04. The van der Waals surface area contributed by atoms with Gasteiger partial charge in [0, 0.05) is 18.0 Å². The zero-order valence-electron chi connectivity index (χ0n) is 11.0. The molecule has 0 radical (unpaired) electrons. The molecular weight excluding hydrogens is 220 g/mol. The van der Waals surface area contributed by atoms with Crippen LogP contribution in [0.4, 0.5) is 0 Å². The highest BCUT2D eigenvalue weighted by molar-refractivity contribution is 5.27. The first-order valence-corrected chi connectivity index (χ1v) is 7.37. The van der Waals surface area contributed by atoms with Crippen LogP contribution in [0, 0.1) is 5.92 Å². The minimum atomic E-state index is 0.453. The highest BCUT2D eigenvalue weighted by Gasteiger charge is 2.38. The third kappa shape index (κ3) is 2.93. The Morgan fingerprint density at radius 2 is 1.94 bits per heavy atom. The van der Waals surface area contributed by atoms with Gasteiger partial charge >= 0.3 is 0 Å². The molecule has 0 aromatic heterocycles. The lowest BCUT2D eigenvalue weighted by atomic mass is 9.86. The number of hydrogen-bond acceptors (Lipinski definition) is 2. The van der Waals surface area contributed by atoms with Gasteiger partial charge in [-0.3, -0.25) is 0 Å². The molecule has 2 heteroatoms. The summed E-state index contributed by atoms with van der Waals surface area (Å²) in [5.74, 6) is 1.56. The van der Waals surface area contributed by atoms with E-state index in [-0.39, 0.29) is 0 Å². The van der Waals surface area contributed by atoms with Crippen LogP contribution in [-0.2, 0) is 0 Å². The predicted octanol–water partition coefficient (Wildman–Crippen LogP) is 2.65. The quantitative estimate of drug-likeness (QED) is 0.854. The third-order valence-electron chi connectivity index (χ3n) is 4.51. The van der Waals surface area contributed by atoms with Crippen molar-refractivity contribution in [1.82, 2.24) is 5.32 Å². The van der Waals surface area contributed by atoms with Crippen LogP contribution in [0.15, 0.2) is 30.3 Å². The van der Waals surface area contributed by atoms with Crippen molar-refractivity contribution in [3.8, 4) is 0 Å². The van der Waals surface area contributed by atoms with Crippen LogP contribution >= 0.6 is 0 Å². The standard InChI is InChI=1S/C16H24N2/c17-14-8-4-5-12(9-14)11-18-16-10-15(16)13-6-2-1-3-7-13/h1-3,6-7,12,14-16,18H,4-5,8-11,17H2. The Bertz CT molecular complexity index is 376. The molecule has 0 spiro atoms. The van der Waals surface area contributed by atoms with E-state index in [9.17, 15) is 0 Å². The summed E-state index contributed by atoms with van der Waals surface area (Å²) < 4.78 is 0. The minimum absolute atomic E-state index is 0.453. The minimum Gasteiger partial charge on any atom is -0.328 e. The third-order valence-corrected chi connectivity index (χ3v) is 4.51. The van der Waals surface area contributed by atoms with Crippen molar-refractivity contribution in [2.24, 2.45) is 11.7 Å². The Kier molecular flexibility index (Phi) is 3.67. The van der Waals surface area contributed by atoms with Crippen molar-refractivity contribution in [1.29, 1.82) is 0 Å². The number of benzene rings is 1. The van der Waals surface area contributed by atoms with E-state index in [1.165, 1.54) is 44.2 Å². The first kappa shape index (κ1) is 12.2. The summed E-state index contributed by atoms with van der Waals surface area (Å²) >= 11 is 0. The van der Waals surface area contributed by atoms with Crippen LogP contribution in [0.3, 0.4) is 0 Å². The van der Waals surface area contributed by atoms with Gasteiger partial charge in [-0.2, -0.15) is 0 Å². The number of nitrogens with one attached hydrogen (secondary N) is 1. The van der Waals surface area contributed by atoms with Crippen molar-refractivity contribution in [3.05, 3.63) is 35.9 Å². The molecule has 0 amide bonds. The Hall–Kier alpha value is -0.860. The van der Waals surface area contributed by atoms with Gasteiger partial charge in [-0.15, -0.1) is 0 Å². The molecule has 0 bridgehead atoms. The molecule has 2 fully saturated rings. The normalized spacial score (nSPS) is 35.4. The van der Waals surface area contributed by atoms with Gasteiger partial charge in [-0.05, 0) is 43.7 Å². The summed E-state index contributed by atoms with van der Waals surface area (Å²) in [6, 6.07) is 12.1. The first-order valence-electron chi connectivity index (χ1n) is 7.37. The molecule has 98 valence electrons. The van der Waals surface area contributed by atoms with Gasteiger partial charge in [0.2, 0.25) is 0 Å². The molecule has 3 N–H and O–H groups in total. The molecule has 3 rings (SSSR count). The van der Waals surface area contributed by atoms with Crippen LogP contribution in [0.25, 0.3) is 0 Å². The van der Waals surface area contributed by atoms with Crippen molar-refractivity contribution < 1.29 is 0 Å². The molecule has 0 saturated heterocycles. The molecule has 1 aromatic carbocycles. The SMILES string of the molecule is NC1CCCC(CNC2CC2c2ccccc2)C1. The molecule has 0 aliphatic heterocycles. The lowest BCUT2D eigenvalue weighted by Gasteiger charge is -2.26. The first-order chi connectivity index (χ1) is 8.83. The highest BCUT2D eigenvalue weighted by atomic mass is 15.0. The average molecular weight is 244 g/mol. The van der Waals surface area contributed by atoms with Gasteiger partial charge in [0.25, 0.3) is 0 Å². The van der Waals surface area contributed by atoms with Gasteiger partial charge in [0.1, 0.15) is 0 Å². The molecule has 0 heterocycles. The Morgan fingerprint density at radius 1 is 1.11 bits per heavy atom. The zero-order chi connectivity index (χ0) is 12.4. The molecule has 2 saturated carbocycles. The van der Waals surface area contributed by atoms with E-state index in [2.05, 4.69) is 35.6 Å². The second-order valence-electron chi connectivity index (χ2n) is 6.06. The molecular formula is C16H24N2. The van der Waals surface area contributed by atoms with Crippen LogP contribution in [0.2, 0.25) is 0 Å². The fourth-order valence-corrected chi connectivity index (χ4v) is 3.33. The summed E-state index contributed by atoms with van der Waals surface area (Å²) in [5, 5.41) is 3.74. The summed E-state index contributed by atoms with van der Waals surface area (Å²) in [4.78, 5) is 0. The highest BCUT2D eigenvalue weighted by Crippen LogP contribution is 2.40. The average Bonchev–Trinajstić information content (AvgIpc) is 3.17. The molecule has 4 atom stereocenters. The van der Waals surface area contributed by atoms with Crippen molar-refractivity contribution in [3.63, 3.8) is 0 Å². The van der Waals surface area contributed by atoms with Crippen LogP contribution in [-0.4, -0.2) is 18.6 Å². The van der Waals surface area contributed by atoms with E-state index in [1.54, 1.807) is 0 Å². The lowest BCUT2D eigenvalue weighted by molar-refractivity contribution is 0.309. The molecule has 4 unspecified atom stereocenters. The lowest BCUT2D eigenvalue weighted by Crippen LogP contribution is -2.34. The van der Waals surface area contributed by atoms with E-state index < -0.39 is 0 Å². The van der Waals surface area contributed by atoms with Gasteiger partial charge in [-0.25, -0.2) is 0 Å². The van der Waals surface area contributed by atoms with Crippen LogP contribution in [0.1, 0.15) is 43.6 Å². The summed E-state index contributed by atoms with van der Waals surface area (Å²) in [6.45, 7) is 1.17. The van der Waals surface area contributed by atoms with Gasteiger partial charge < -0.3 is 11.1 Å². The zero-order valence-corrected chi connectivity index (χ0v) is 11.0. The molecule has 2 nitrogen and oxygen atoms in total. The van der Waals surface area contributed by atoms with E-state index >= 15 is 0 Å². The molecule has 18 heavy (non-hydrogen) atoms. The van der Waals surface area contributed by atoms with Crippen molar-refractivity contribution >= 4 is 0 Å². The predicted molar refractivity (Wildman–Crippen MR) is 75.5 cm³/mol. The number of nitrogens with two attached hydrogens (primary N) is 1. The maximum atomic E-state index is 6.04. The van der Waals surface area contributed by atoms with E-state index in [0.717, 1.165) is 11.8 Å². The second kappa shape index (κ2) is 5.41. The van der Waals surface area contributed by atoms with Gasteiger partial charge in [0.05, 0.1) is 0 Å². The molecule has 2 aliphatic carbocycles. The monoisotopic (exact) mass is 244 g/mol. The number of rotatable bonds is 4. The fourth-order valence-electron chi connectivity index (χ4n) is 3.33. The maximum Gasteiger partial charge on any atom is 0.0143 e. The summed E-state index contributed by atoms with van der Waals surface area (Å²) in [7, 11) is 0. The fraction of sp³-hybridized carbons (Fsp3) is 0.625.